The van der Waals surface area contributed by atoms with Crippen LogP contribution in [0.5, 0.6) is 5.75 Å². The molecular formula is C15H14O2. The van der Waals surface area contributed by atoms with Crippen LogP contribution in [0.4, 0.5) is 0 Å². The van der Waals surface area contributed by atoms with Gasteiger partial charge in [0.05, 0.1) is 12.7 Å². The molecule has 0 N–H and O–H groups in total. The van der Waals surface area contributed by atoms with Gasteiger partial charge in [0.1, 0.15) is 5.75 Å². The monoisotopic (exact) mass is 226 g/mol. The maximum atomic E-state index is 12.3. The van der Waals surface area contributed by atoms with Gasteiger partial charge in [-0.15, -0.1) is 0 Å². The quantitative estimate of drug-likeness (QED) is 0.751. The van der Waals surface area contributed by atoms with Gasteiger partial charge in [0.15, 0.2) is 5.78 Å². The van der Waals surface area contributed by atoms with Gasteiger partial charge in [0.2, 0.25) is 0 Å². The van der Waals surface area contributed by atoms with Crippen LogP contribution in [-0.2, 0) is 0 Å². The van der Waals surface area contributed by atoms with Crippen LogP contribution in [0, 0.1) is 6.92 Å². The topological polar surface area (TPSA) is 26.3 Å². The third-order valence-electron chi connectivity index (χ3n) is 2.64. The number of aryl methyl sites for hydroxylation is 1. The molecule has 2 heteroatoms. The predicted molar refractivity (Wildman–Crippen MR) is 67.6 cm³/mol. The zero-order chi connectivity index (χ0) is 12.3. The highest BCUT2D eigenvalue weighted by atomic mass is 16.5. The Morgan fingerprint density at radius 3 is 2.41 bits per heavy atom. The standard InChI is InChI=1S/C15H14O2/c1-11-8-9-14(17-2)13(10-11)15(16)12-6-4-3-5-7-12/h3-10H,1-2H3. The highest BCUT2D eigenvalue weighted by Gasteiger charge is 2.13. The average Bonchev–Trinajstić information content (AvgIpc) is 2.39. The van der Waals surface area contributed by atoms with Crippen LogP contribution in [0.1, 0.15) is 21.5 Å². The van der Waals surface area contributed by atoms with Crippen LogP contribution in [0.3, 0.4) is 0 Å². The second-order valence-electron chi connectivity index (χ2n) is 3.90. The Hall–Kier alpha value is -2.09. The first-order valence-electron chi connectivity index (χ1n) is 5.47. The first-order valence-corrected chi connectivity index (χ1v) is 5.47. The van der Waals surface area contributed by atoms with Crippen molar-refractivity contribution in [2.75, 3.05) is 7.11 Å². The minimum atomic E-state index is -0.00819. The average molecular weight is 226 g/mol. The van der Waals surface area contributed by atoms with Crippen molar-refractivity contribution in [3.05, 3.63) is 65.2 Å². The van der Waals surface area contributed by atoms with E-state index in [9.17, 15) is 4.79 Å². The lowest BCUT2D eigenvalue weighted by Gasteiger charge is -2.08. The third kappa shape index (κ3) is 2.36. The van der Waals surface area contributed by atoms with Crippen molar-refractivity contribution >= 4 is 5.78 Å². The molecule has 2 nitrogen and oxygen atoms in total. The van der Waals surface area contributed by atoms with Gasteiger partial charge in [-0.2, -0.15) is 0 Å². The molecule has 0 aliphatic carbocycles. The molecule has 0 fully saturated rings. The van der Waals surface area contributed by atoms with Crippen LogP contribution in [0.2, 0.25) is 0 Å². The SMILES string of the molecule is COc1ccc(C)cc1C(=O)c1ccccc1. The van der Waals surface area contributed by atoms with E-state index in [0.29, 0.717) is 16.9 Å². The lowest BCUT2D eigenvalue weighted by molar-refractivity contribution is 0.103. The maximum Gasteiger partial charge on any atom is 0.196 e. The molecule has 0 bridgehead atoms. The molecule has 0 amide bonds. The maximum absolute atomic E-state index is 12.3. The molecule has 2 aromatic rings. The van der Waals surface area contributed by atoms with Crippen molar-refractivity contribution in [2.45, 2.75) is 6.92 Å². The number of rotatable bonds is 3. The molecule has 17 heavy (non-hydrogen) atoms. The number of ether oxygens (including phenoxy) is 1. The number of hydrogen-bond donors (Lipinski definition) is 0. The van der Waals surface area contributed by atoms with E-state index < -0.39 is 0 Å². The van der Waals surface area contributed by atoms with Crippen LogP contribution < -0.4 is 4.74 Å². The van der Waals surface area contributed by atoms with Crippen molar-refractivity contribution in [1.82, 2.24) is 0 Å². The number of ketones is 1. The third-order valence-corrected chi connectivity index (χ3v) is 2.64. The summed E-state index contributed by atoms with van der Waals surface area (Å²) < 4.78 is 5.22. The minimum Gasteiger partial charge on any atom is -0.496 e. The molecule has 2 rings (SSSR count). The van der Waals surface area contributed by atoms with E-state index in [2.05, 4.69) is 0 Å². The van der Waals surface area contributed by atoms with E-state index in [1.807, 2.05) is 55.5 Å². The van der Waals surface area contributed by atoms with E-state index in [1.165, 1.54) is 0 Å². The highest BCUT2D eigenvalue weighted by Crippen LogP contribution is 2.22. The van der Waals surface area contributed by atoms with Crippen molar-refractivity contribution in [1.29, 1.82) is 0 Å². The van der Waals surface area contributed by atoms with Gasteiger partial charge in [-0.3, -0.25) is 4.79 Å². The normalized spacial score (nSPS) is 10.0. The molecule has 0 heterocycles. The van der Waals surface area contributed by atoms with Crippen LogP contribution >= 0.6 is 0 Å². The van der Waals surface area contributed by atoms with Crippen molar-refractivity contribution in [3.8, 4) is 5.75 Å². The van der Waals surface area contributed by atoms with E-state index in [0.717, 1.165) is 5.56 Å². The Kier molecular flexibility index (Phi) is 3.24. The summed E-state index contributed by atoms with van der Waals surface area (Å²) in [5.41, 5.74) is 2.33. The van der Waals surface area contributed by atoms with Gasteiger partial charge >= 0.3 is 0 Å². The molecule has 0 aliphatic heterocycles. The smallest absolute Gasteiger partial charge is 0.196 e. The fraction of sp³-hybridized carbons (Fsp3) is 0.133. The summed E-state index contributed by atoms with van der Waals surface area (Å²) in [4.78, 5) is 12.3. The van der Waals surface area contributed by atoms with Gasteiger partial charge in [-0.25, -0.2) is 0 Å². The zero-order valence-electron chi connectivity index (χ0n) is 9.94. The molecule has 0 aromatic heterocycles. The van der Waals surface area contributed by atoms with E-state index in [4.69, 9.17) is 4.74 Å². The minimum absolute atomic E-state index is 0.00819. The van der Waals surface area contributed by atoms with Gasteiger partial charge in [-0.1, -0.05) is 42.0 Å². The molecule has 0 saturated carbocycles. The Balaban J connectivity index is 2.47. The number of carbonyl (C=O) groups excluding carboxylic acids is 1. The molecule has 0 saturated heterocycles. The zero-order valence-corrected chi connectivity index (χ0v) is 9.94. The molecule has 0 aliphatic rings. The summed E-state index contributed by atoms with van der Waals surface area (Å²) in [6.07, 6.45) is 0. The van der Waals surface area contributed by atoms with E-state index >= 15 is 0 Å². The van der Waals surface area contributed by atoms with E-state index in [-0.39, 0.29) is 5.78 Å². The number of carbonyl (C=O) groups is 1. The second kappa shape index (κ2) is 4.83. The van der Waals surface area contributed by atoms with Gasteiger partial charge < -0.3 is 4.74 Å². The molecule has 2 aromatic carbocycles. The fourth-order valence-corrected chi connectivity index (χ4v) is 1.74. The molecule has 86 valence electrons. The van der Waals surface area contributed by atoms with Crippen LogP contribution in [0.15, 0.2) is 48.5 Å². The van der Waals surface area contributed by atoms with Crippen LogP contribution in [-0.4, -0.2) is 12.9 Å². The Morgan fingerprint density at radius 1 is 1.06 bits per heavy atom. The predicted octanol–water partition coefficient (Wildman–Crippen LogP) is 3.23. The van der Waals surface area contributed by atoms with Gasteiger partial charge in [-0.05, 0) is 19.1 Å². The van der Waals surface area contributed by atoms with Gasteiger partial charge in [0.25, 0.3) is 0 Å². The number of hydrogen-bond acceptors (Lipinski definition) is 2. The van der Waals surface area contributed by atoms with Crippen LogP contribution in [0.25, 0.3) is 0 Å². The van der Waals surface area contributed by atoms with Crippen molar-refractivity contribution in [3.63, 3.8) is 0 Å². The lowest BCUT2D eigenvalue weighted by atomic mass is 10.0. The Bertz CT molecular complexity index is 530. The summed E-state index contributed by atoms with van der Waals surface area (Å²) in [5, 5.41) is 0. The molecule has 0 atom stereocenters. The summed E-state index contributed by atoms with van der Waals surface area (Å²) in [6.45, 7) is 1.96. The lowest BCUT2D eigenvalue weighted by Crippen LogP contribution is -2.04. The Morgan fingerprint density at radius 2 is 1.76 bits per heavy atom. The summed E-state index contributed by atoms with van der Waals surface area (Å²) in [5.74, 6) is 0.607. The first-order chi connectivity index (χ1) is 8.22. The molecule has 0 radical (unpaired) electrons. The van der Waals surface area contributed by atoms with Crippen molar-refractivity contribution in [2.24, 2.45) is 0 Å². The number of benzene rings is 2. The number of methoxy groups -OCH3 is 1. The largest absolute Gasteiger partial charge is 0.496 e. The first kappa shape index (κ1) is 11.4. The van der Waals surface area contributed by atoms with E-state index in [1.54, 1.807) is 7.11 Å². The summed E-state index contributed by atoms with van der Waals surface area (Å²) >= 11 is 0. The fourth-order valence-electron chi connectivity index (χ4n) is 1.74. The molecule has 0 unspecified atom stereocenters. The van der Waals surface area contributed by atoms with Crippen molar-refractivity contribution < 1.29 is 9.53 Å². The molecule has 0 spiro atoms. The molecular weight excluding hydrogens is 212 g/mol. The van der Waals surface area contributed by atoms with Gasteiger partial charge in [0, 0.05) is 5.56 Å². The summed E-state index contributed by atoms with van der Waals surface area (Å²) in [7, 11) is 1.58. The second-order valence-corrected chi connectivity index (χ2v) is 3.90. The summed E-state index contributed by atoms with van der Waals surface area (Å²) in [6, 6.07) is 14.8. The Labute approximate surface area is 101 Å². The highest BCUT2D eigenvalue weighted by molar-refractivity contribution is 6.10.